The van der Waals surface area contributed by atoms with Gasteiger partial charge < -0.3 is 10.4 Å². The Labute approximate surface area is 149 Å². The molecule has 0 spiro atoms. The Bertz CT molecular complexity index is 942. The predicted octanol–water partition coefficient (Wildman–Crippen LogP) is 3.60. The molecule has 6 heteroatoms. The van der Waals surface area contributed by atoms with Crippen molar-refractivity contribution in [2.75, 3.05) is 0 Å². The van der Waals surface area contributed by atoms with Crippen LogP contribution < -0.4 is 5.32 Å². The summed E-state index contributed by atoms with van der Waals surface area (Å²) in [4.78, 5) is 20.7. The van der Waals surface area contributed by atoms with E-state index in [1.54, 1.807) is 42.9 Å². The molecule has 2 heterocycles. The van der Waals surface area contributed by atoms with Gasteiger partial charge >= 0.3 is 0 Å². The van der Waals surface area contributed by atoms with Crippen LogP contribution in [0.2, 0.25) is 5.02 Å². The van der Waals surface area contributed by atoms with E-state index in [4.69, 9.17) is 11.6 Å². The molecule has 2 aromatic heterocycles. The number of carbonyl (C=O) groups is 1. The van der Waals surface area contributed by atoms with Crippen LogP contribution in [-0.4, -0.2) is 21.0 Å². The molecule has 1 aliphatic rings. The maximum atomic E-state index is 12.4. The Kier molecular flexibility index (Phi) is 4.01. The molecule has 0 bridgehead atoms. The summed E-state index contributed by atoms with van der Waals surface area (Å²) in [6.45, 7) is 0. The highest BCUT2D eigenvalue weighted by Gasteiger charge is 2.32. The molecule has 1 fully saturated rings. The van der Waals surface area contributed by atoms with E-state index in [2.05, 4.69) is 15.3 Å². The van der Waals surface area contributed by atoms with Crippen molar-refractivity contribution in [1.82, 2.24) is 15.3 Å². The van der Waals surface area contributed by atoms with Gasteiger partial charge in [0.05, 0.1) is 11.1 Å². The van der Waals surface area contributed by atoms with E-state index >= 15 is 0 Å². The Hall–Kier alpha value is -2.66. The molecule has 126 valence electrons. The van der Waals surface area contributed by atoms with Crippen molar-refractivity contribution in [3.8, 4) is 5.75 Å². The molecule has 0 aliphatic heterocycles. The highest BCUT2D eigenvalue weighted by atomic mass is 35.5. The second-order valence-electron chi connectivity index (χ2n) is 6.20. The third kappa shape index (κ3) is 3.03. The lowest BCUT2D eigenvalue weighted by molar-refractivity contribution is -0.122. The monoisotopic (exact) mass is 353 g/mol. The summed E-state index contributed by atoms with van der Waals surface area (Å²) in [6.07, 6.45) is 6.74. The molecule has 1 amide bonds. The van der Waals surface area contributed by atoms with Crippen molar-refractivity contribution in [3.63, 3.8) is 0 Å². The van der Waals surface area contributed by atoms with Crippen LogP contribution in [0, 0.1) is 5.92 Å². The lowest BCUT2D eigenvalue weighted by Gasteiger charge is -2.21. The van der Waals surface area contributed by atoms with Gasteiger partial charge in [-0.05, 0) is 42.7 Å². The summed E-state index contributed by atoms with van der Waals surface area (Å²) in [5.74, 6) is 0.0470. The van der Waals surface area contributed by atoms with E-state index in [9.17, 15) is 9.90 Å². The van der Waals surface area contributed by atoms with E-state index < -0.39 is 6.04 Å². The van der Waals surface area contributed by atoms with Gasteiger partial charge in [-0.25, -0.2) is 0 Å². The van der Waals surface area contributed by atoms with Gasteiger partial charge in [-0.15, -0.1) is 0 Å². The van der Waals surface area contributed by atoms with Crippen molar-refractivity contribution >= 4 is 28.4 Å². The minimum atomic E-state index is -0.536. The van der Waals surface area contributed by atoms with Crippen LogP contribution in [-0.2, 0) is 4.79 Å². The number of rotatable bonds is 4. The molecular weight excluding hydrogens is 338 g/mol. The number of aromatic nitrogens is 2. The number of benzene rings is 1. The van der Waals surface area contributed by atoms with Gasteiger partial charge in [-0.3, -0.25) is 14.8 Å². The maximum absolute atomic E-state index is 12.4. The summed E-state index contributed by atoms with van der Waals surface area (Å²) in [5.41, 5.74) is 1.70. The van der Waals surface area contributed by atoms with E-state index in [1.807, 2.05) is 6.07 Å². The van der Waals surface area contributed by atoms with E-state index in [0.29, 0.717) is 21.5 Å². The largest absolute Gasteiger partial charge is 0.505 e. The van der Waals surface area contributed by atoms with E-state index in [0.717, 1.165) is 18.4 Å². The van der Waals surface area contributed by atoms with Gasteiger partial charge in [-0.1, -0.05) is 17.7 Å². The number of aromatic hydroxyl groups is 1. The molecular formula is C19H16ClN3O2. The standard InChI is InChI=1S/C19H16ClN3O2/c20-15-9-14(18(24)17-13(15)4-2-8-22-17)16(12-3-1-7-21-10-12)23-19(25)11-5-6-11/h1-4,7-11,16,24H,5-6H2,(H,23,25). The van der Waals surface area contributed by atoms with Crippen molar-refractivity contribution in [1.29, 1.82) is 0 Å². The molecule has 1 atom stereocenters. The quantitative estimate of drug-likeness (QED) is 0.751. The fourth-order valence-electron chi connectivity index (χ4n) is 2.92. The molecule has 1 aliphatic carbocycles. The van der Waals surface area contributed by atoms with Gasteiger partial charge in [0.1, 0.15) is 11.3 Å². The van der Waals surface area contributed by atoms with Gasteiger partial charge in [0.2, 0.25) is 5.91 Å². The Morgan fingerprint density at radius 2 is 2.08 bits per heavy atom. The second kappa shape index (κ2) is 6.33. The fourth-order valence-corrected chi connectivity index (χ4v) is 3.19. The highest BCUT2D eigenvalue weighted by molar-refractivity contribution is 6.35. The molecule has 1 saturated carbocycles. The van der Waals surface area contributed by atoms with Crippen LogP contribution >= 0.6 is 11.6 Å². The molecule has 25 heavy (non-hydrogen) atoms. The number of fused-ring (bicyclic) bond motifs is 1. The first kappa shape index (κ1) is 15.8. The zero-order valence-electron chi connectivity index (χ0n) is 13.3. The molecule has 2 N–H and O–H groups in total. The topological polar surface area (TPSA) is 75.1 Å². The molecule has 4 rings (SSSR count). The molecule has 1 aromatic carbocycles. The van der Waals surface area contributed by atoms with Crippen LogP contribution in [0.5, 0.6) is 5.75 Å². The Morgan fingerprint density at radius 1 is 1.28 bits per heavy atom. The third-order valence-corrected chi connectivity index (χ3v) is 4.72. The molecule has 5 nitrogen and oxygen atoms in total. The number of nitrogens with zero attached hydrogens (tertiary/aromatic N) is 2. The van der Waals surface area contributed by atoms with Gasteiger partial charge in [-0.2, -0.15) is 0 Å². The third-order valence-electron chi connectivity index (χ3n) is 4.41. The summed E-state index contributed by atoms with van der Waals surface area (Å²) >= 11 is 6.40. The number of hydrogen-bond donors (Lipinski definition) is 2. The molecule has 3 aromatic rings. The molecule has 0 radical (unpaired) electrons. The number of pyridine rings is 2. The predicted molar refractivity (Wildman–Crippen MR) is 95.4 cm³/mol. The summed E-state index contributed by atoms with van der Waals surface area (Å²) in [7, 11) is 0. The summed E-state index contributed by atoms with van der Waals surface area (Å²) in [5, 5.41) is 14.9. The first-order valence-electron chi connectivity index (χ1n) is 8.11. The number of carbonyl (C=O) groups excluding carboxylic acids is 1. The zero-order chi connectivity index (χ0) is 17.4. The lowest BCUT2D eigenvalue weighted by atomic mass is 9.97. The molecule has 1 unspecified atom stereocenters. The Morgan fingerprint density at radius 3 is 2.80 bits per heavy atom. The van der Waals surface area contributed by atoms with Crippen molar-refractivity contribution in [2.45, 2.75) is 18.9 Å². The normalized spacial score (nSPS) is 15.1. The number of phenolic OH excluding ortho intramolecular Hbond substituents is 1. The molecule has 0 saturated heterocycles. The lowest BCUT2D eigenvalue weighted by Crippen LogP contribution is -2.30. The van der Waals surface area contributed by atoms with Crippen LogP contribution in [0.25, 0.3) is 10.9 Å². The van der Waals surface area contributed by atoms with Gasteiger partial charge in [0.15, 0.2) is 0 Å². The number of amides is 1. The van der Waals surface area contributed by atoms with Crippen LogP contribution in [0.3, 0.4) is 0 Å². The SMILES string of the molecule is O=C(NC(c1cccnc1)c1cc(Cl)c2cccnc2c1O)C1CC1. The summed E-state index contributed by atoms with van der Waals surface area (Å²) < 4.78 is 0. The van der Waals surface area contributed by atoms with Gasteiger partial charge in [0.25, 0.3) is 0 Å². The minimum absolute atomic E-state index is 0.0185. The fraction of sp³-hybridized carbons (Fsp3) is 0.211. The second-order valence-corrected chi connectivity index (χ2v) is 6.61. The van der Waals surface area contributed by atoms with E-state index in [1.165, 1.54) is 0 Å². The maximum Gasteiger partial charge on any atom is 0.223 e. The number of nitrogens with one attached hydrogen (secondary N) is 1. The minimum Gasteiger partial charge on any atom is -0.505 e. The van der Waals surface area contributed by atoms with Crippen LogP contribution in [0.4, 0.5) is 0 Å². The van der Waals surface area contributed by atoms with Crippen molar-refractivity contribution in [3.05, 3.63) is 65.1 Å². The average Bonchev–Trinajstić information content (AvgIpc) is 3.49. The van der Waals surface area contributed by atoms with E-state index in [-0.39, 0.29) is 17.6 Å². The zero-order valence-corrected chi connectivity index (χ0v) is 14.1. The smallest absolute Gasteiger partial charge is 0.223 e. The first-order valence-corrected chi connectivity index (χ1v) is 8.49. The number of phenols is 1. The average molecular weight is 354 g/mol. The number of halogens is 1. The van der Waals surface area contributed by atoms with Crippen molar-refractivity contribution in [2.24, 2.45) is 5.92 Å². The Balaban J connectivity index is 1.85. The van der Waals surface area contributed by atoms with Crippen LogP contribution in [0.15, 0.2) is 48.9 Å². The van der Waals surface area contributed by atoms with Crippen molar-refractivity contribution < 1.29 is 9.90 Å². The highest BCUT2D eigenvalue weighted by Crippen LogP contribution is 2.39. The van der Waals surface area contributed by atoms with Crippen LogP contribution in [0.1, 0.15) is 30.0 Å². The summed E-state index contributed by atoms with van der Waals surface area (Å²) in [6, 6.07) is 8.37. The van der Waals surface area contributed by atoms with Gasteiger partial charge in [0, 0.05) is 35.5 Å². The number of hydrogen-bond acceptors (Lipinski definition) is 4. The first-order chi connectivity index (χ1) is 12.1.